The van der Waals surface area contributed by atoms with Crippen LogP contribution in [0.2, 0.25) is 0 Å². The summed E-state index contributed by atoms with van der Waals surface area (Å²) in [5.74, 6) is -0.276. The van der Waals surface area contributed by atoms with E-state index < -0.39 is 0 Å². The smallest absolute Gasteiger partial charge is 0.306 e. The lowest BCUT2D eigenvalue weighted by molar-refractivity contribution is -0.144. The van der Waals surface area contributed by atoms with Crippen molar-refractivity contribution >= 4 is 5.97 Å². The van der Waals surface area contributed by atoms with Crippen LogP contribution in [-0.4, -0.2) is 24.3 Å². The van der Waals surface area contributed by atoms with Crippen LogP contribution in [-0.2, 0) is 16.0 Å². The van der Waals surface area contributed by atoms with Gasteiger partial charge in [-0.2, -0.15) is 0 Å². The molecule has 0 heterocycles. The summed E-state index contributed by atoms with van der Waals surface area (Å²) in [5.41, 5.74) is 3.41. The number of esters is 1. The van der Waals surface area contributed by atoms with Gasteiger partial charge in [-0.15, -0.1) is 0 Å². The molecule has 2 rings (SSSR count). The van der Waals surface area contributed by atoms with Gasteiger partial charge in [0.15, 0.2) is 0 Å². The quantitative estimate of drug-likeness (QED) is 0.821. The highest BCUT2D eigenvalue weighted by Gasteiger charge is 2.07. The SMILES string of the molecule is O=C(CCc1ccccc1-c1ccccc1)OCCO. The van der Waals surface area contributed by atoms with Crippen LogP contribution in [0.15, 0.2) is 54.6 Å². The number of hydrogen-bond acceptors (Lipinski definition) is 3. The van der Waals surface area contributed by atoms with Crippen molar-refractivity contribution in [3.63, 3.8) is 0 Å². The third kappa shape index (κ3) is 3.93. The zero-order valence-electron chi connectivity index (χ0n) is 11.3. The molecule has 20 heavy (non-hydrogen) atoms. The molecule has 0 spiro atoms. The van der Waals surface area contributed by atoms with Crippen molar-refractivity contribution in [3.05, 3.63) is 60.2 Å². The predicted molar refractivity (Wildman–Crippen MR) is 78.2 cm³/mol. The monoisotopic (exact) mass is 270 g/mol. The molecular weight excluding hydrogens is 252 g/mol. The standard InChI is InChI=1S/C17H18O3/c18-12-13-20-17(19)11-10-15-8-4-5-9-16(15)14-6-2-1-3-7-14/h1-9,18H,10-13H2. The van der Waals surface area contributed by atoms with Gasteiger partial charge in [-0.3, -0.25) is 4.79 Å². The Morgan fingerprint density at radius 1 is 1.00 bits per heavy atom. The maximum absolute atomic E-state index is 11.5. The van der Waals surface area contributed by atoms with Gasteiger partial charge in [0.2, 0.25) is 0 Å². The van der Waals surface area contributed by atoms with E-state index in [-0.39, 0.29) is 19.2 Å². The minimum atomic E-state index is -0.276. The second-order valence-corrected chi connectivity index (χ2v) is 4.47. The molecule has 0 saturated carbocycles. The second-order valence-electron chi connectivity index (χ2n) is 4.47. The number of carbonyl (C=O) groups is 1. The van der Waals surface area contributed by atoms with E-state index in [1.807, 2.05) is 36.4 Å². The molecule has 104 valence electrons. The first kappa shape index (κ1) is 14.3. The Labute approximate surface area is 118 Å². The maximum atomic E-state index is 11.5. The molecule has 3 nitrogen and oxygen atoms in total. The van der Waals surface area contributed by atoms with Crippen LogP contribution >= 0.6 is 0 Å². The Kier molecular flexibility index (Phi) is 5.33. The predicted octanol–water partition coefficient (Wildman–Crippen LogP) is 2.82. The highest BCUT2D eigenvalue weighted by atomic mass is 16.5. The highest BCUT2D eigenvalue weighted by molar-refractivity contribution is 5.72. The number of ether oxygens (including phenoxy) is 1. The molecule has 3 heteroatoms. The van der Waals surface area contributed by atoms with Gasteiger partial charge in [0.25, 0.3) is 0 Å². The van der Waals surface area contributed by atoms with Gasteiger partial charge in [-0.1, -0.05) is 54.6 Å². The summed E-state index contributed by atoms with van der Waals surface area (Å²) in [6.07, 6.45) is 0.958. The Morgan fingerprint density at radius 2 is 1.70 bits per heavy atom. The number of aryl methyl sites for hydroxylation is 1. The van der Waals surface area contributed by atoms with Crippen molar-refractivity contribution in [2.75, 3.05) is 13.2 Å². The molecule has 0 aromatic heterocycles. The average Bonchev–Trinajstić information content (AvgIpc) is 2.52. The normalized spacial score (nSPS) is 10.2. The van der Waals surface area contributed by atoms with Crippen LogP contribution in [0.1, 0.15) is 12.0 Å². The molecule has 0 atom stereocenters. The summed E-state index contributed by atoms with van der Waals surface area (Å²) in [7, 11) is 0. The van der Waals surface area contributed by atoms with E-state index in [1.54, 1.807) is 0 Å². The van der Waals surface area contributed by atoms with Crippen LogP contribution < -0.4 is 0 Å². The summed E-state index contributed by atoms with van der Waals surface area (Å²) in [6.45, 7) is -0.0640. The van der Waals surface area contributed by atoms with Crippen LogP contribution in [0.5, 0.6) is 0 Å². The first-order valence-electron chi connectivity index (χ1n) is 6.71. The minimum Gasteiger partial charge on any atom is -0.463 e. The van der Waals surface area contributed by atoms with Gasteiger partial charge in [0.05, 0.1) is 6.61 Å². The molecule has 0 aliphatic heterocycles. The van der Waals surface area contributed by atoms with E-state index in [2.05, 4.69) is 18.2 Å². The number of aliphatic hydroxyl groups is 1. The lowest BCUT2D eigenvalue weighted by Crippen LogP contribution is -2.09. The number of aliphatic hydroxyl groups excluding tert-OH is 1. The van der Waals surface area contributed by atoms with Crippen LogP contribution in [0.25, 0.3) is 11.1 Å². The Morgan fingerprint density at radius 3 is 2.45 bits per heavy atom. The summed E-state index contributed by atoms with van der Waals surface area (Å²) >= 11 is 0. The Hall–Kier alpha value is -2.13. The molecule has 0 bridgehead atoms. The third-order valence-electron chi connectivity index (χ3n) is 3.05. The molecule has 0 aliphatic carbocycles. The van der Waals surface area contributed by atoms with E-state index in [1.165, 1.54) is 0 Å². The molecule has 2 aromatic carbocycles. The van der Waals surface area contributed by atoms with Gasteiger partial charge >= 0.3 is 5.97 Å². The first-order chi connectivity index (χ1) is 9.81. The zero-order valence-corrected chi connectivity index (χ0v) is 11.3. The van der Waals surface area contributed by atoms with Crippen LogP contribution in [0, 0.1) is 0 Å². The number of hydrogen-bond donors (Lipinski definition) is 1. The van der Waals surface area contributed by atoms with E-state index >= 15 is 0 Å². The fourth-order valence-electron chi connectivity index (χ4n) is 2.11. The van der Waals surface area contributed by atoms with E-state index in [9.17, 15) is 4.79 Å². The number of rotatable bonds is 6. The summed E-state index contributed by atoms with van der Waals surface area (Å²) in [4.78, 5) is 11.5. The molecule has 0 fully saturated rings. The summed E-state index contributed by atoms with van der Waals surface area (Å²) in [6, 6.07) is 18.2. The van der Waals surface area contributed by atoms with Crippen molar-refractivity contribution in [2.45, 2.75) is 12.8 Å². The Bertz CT molecular complexity index is 549. The van der Waals surface area contributed by atoms with Gasteiger partial charge in [0.1, 0.15) is 6.61 Å². The van der Waals surface area contributed by atoms with E-state index in [0.29, 0.717) is 12.8 Å². The van der Waals surface area contributed by atoms with Crippen LogP contribution in [0.4, 0.5) is 0 Å². The zero-order chi connectivity index (χ0) is 14.2. The van der Waals surface area contributed by atoms with Crippen molar-refractivity contribution in [1.82, 2.24) is 0 Å². The average molecular weight is 270 g/mol. The van der Waals surface area contributed by atoms with Crippen LogP contribution in [0.3, 0.4) is 0 Å². The van der Waals surface area contributed by atoms with Crippen molar-refractivity contribution in [3.8, 4) is 11.1 Å². The molecule has 0 amide bonds. The molecule has 0 radical (unpaired) electrons. The van der Waals surface area contributed by atoms with Crippen molar-refractivity contribution in [2.24, 2.45) is 0 Å². The summed E-state index contributed by atoms with van der Waals surface area (Å²) in [5, 5.41) is 8.62. The lowest BCUT2D eigenvalue weighted by atomic mass is 9.97. The van der Waals surface area contributed by atoms with Gasteiger partial charge in [-0.05, 0) is 23.1 Å². The molecule has 0 saturated heterocycles. The largest absolute Gasteiger partial charge is 0.463 e. The lowest BCUT2D eigenvalue weighted by Gasteiger charge is -2.09. The molecule has 2 aromatic rings. The Balaban J connectivity index is 2.07. The van der Waals surface area contributed by atoms with Crippen molar-refractivity contribution in [1.29, 1.82) is 0 Å². The second kappa shape index (κ2) is 7.46. The van der Waals surface area contributed by atoms with Gasteiger partial charge in [-0.25, -0.2) is 0 Å². The third-order valence-corrected chi connectivity index (χ3v) is 3.05. The highest BCUT2D eigenvalue weighted by Crippen LogP contribution is 2.24. The molecule has 0 aliphatic rings. The van der Waals surface area contributed by atoms with Gasteiger partial charge < -0.3 is 9.84 Å². The fourth-order valence-corrected chi connectivity index (χ4v) is 2.11. The van der Waals surface area contributed by atoms with E-state index in [4.69, 9.17) is 9.84 Å². The van der Waals surface area contributed by atoms with Crippen molar-refractivity contribution < 1.29 is 14.6 Å². The summed E-state index contributed by atoms with van der Waals surface area (Å²) < 4.78 is 4.87. The number of benzene rings is 2. The molecule has 0 unspecified atom stereocenters. The molecule has 1 N–H and O–H groups in total. The maximum Gasteiger partial charge on any atom is 0.306 e. The first-order valence-corrected chi connectivity index (χ1v) is 6.71. The van der Waals surface area contributed by atoms with Gasteiger partial charge in [0, 0.05) is 6.42 Å². The minimum absolute atomic E-state index is 0.0686. The van der Waals surface area contributed by atoms with E-state index in [0.717, 1.165) is 16.7 Å². The fraction of sp³-hybridized carbons (Fsp3) is 0.235. The number of carbonyl (C=O) groups excluding carboxylic acids is 1. The topological polar surface area (TPSA) is 46.5 Å². The molecular formula is C17H18O3.